The molecule has 0 unspecified atom stereocenters. The molecule has 4 aromatic carbocycles. The van der Waals surface area contributed by atoms with Crippen molar-refractivity contribution >= 4 is 45.0 Å². The number of halogens is 2. The molecule has 1 aliphatic heterocycles. The fourth-order valence-corrected chi connectivity index (χ4v) is 6.26. The summed E-state index contributed by atoms with van der Waals surface area (Å²) in [6.07, 6.45) is 1.79. The molecule has 0 amide bonds. The van der Waals surface area contributed by atoms with E-state index in [2.05, 4.69) is 15.9 Å². The summed E-state index contributed by atoms with van der Waals surface area (Å²) in [4.78, 5) is 32.8. The minimum absolute atomic E-state index is 0.144. The van der Waals surface area contributed by atoms with Crippen LogP contribution in [0.1, 0.15) is 35.2 Å². The molecule has 0 radical (unpaired) electrons. The number of benzene rings is 4. The molecule has 0 fully saturated rings. The lowest BCUT2D eigenvalue weighted by atomic mass is 9.93. The van der Waals surface area contributed by atoms with E-state index in [1.54, 1.807) is 25.1 Å². The van der Waals surface area contributed by atoms with Gasteiger partial charge in [-0.15, -0.1) is 0 Å². The molecule has 2 heterocycles. The topological polar surface area (TPSA) is 69.9 Å². The van der Waals surface area contributed by atoms with Gasteiger partial charge in [0.1, 0.15) is 18.2 Å². The third kappa shape index (κ3) is 6.20. The third-order valence-electron chi connectivity index (χ3n) is 7.03. The van der Waals surface area contributed by atoms with Crippen LogP contribution in [-0.4, -0.2) is 17.1 Å². The van der Waals surface area contributed by atoms with Crippen LogP contribution in [0.25, 0.3) is 11.8 Å². The van der Waals surface area contributed by atoms with E-state index in [4.69, 9.17) is 14.5 Å². The molecule has 0 saturated carbocycles. The number of hydrogen-bond donors (Lipinski definition) is 0. The smallest absolute Gasteiger partial charge is 0.338 e. The van der Waals surface area contributed by atoms with E-state index < -0.39 is 17.8 Å². The van der Waals surface area contributed by atoms with Crippen molar-refractivity contribution in [3.8, 4) is 5.75 Å². The van der Waals surface area contributed by atoms with Crippen molar-refractivity contribution in [2.24, 2.45) is 4.99 Å². The van der Waals surface area contributed by atoms with Crippen LogP contribution in [0.2, 0.25) is 0 Å². The Morgan fingerprint density at radius 1 is 1.00 bits per heavy atom. The normalized spacial score (nSPS) is 14.6. The lowest BCUT2D eigenvalue weighted by Crippen LogP contribution is -2.40. The molecule has 1 aromatic heterocycles. The quantitative estimate of drug-likeness (QED) is 0.179. The summed E-state index contributed by atoms with van der Waals surface area (Å²) in [6.45, 7) is 2.26. The molecular formula is C35H26BrFN2O4S. The van der Waals surface area contributed by atoms with E-state index in [0.29, 0.717) is 38.5 Å². The molecule has 44 heavy (non-hydrogen) atoms. The van der Waals surface area contributed by atoms with Gasteiger partial charge in [0, 0.05) is 10.0 Å². The van der Waals surface area contributed by atoms with Crippen LogP contribution in [-0.2, 0) is 16.1 Å². The van der Waals surface area contributed by atoms with Crippen molar-refractivity contribution in [3.63, 3.8) is 0 Å². The highest BCUT2D eigenvalue weighted by molar-refractivity contribution is 9.10. The van der Waals surface area contributed by atoms with Gasteiger partial charge in [0.15, 0.2) is 4.80 Å². The van der Waals surface area contributed by atoms with Crippen molar-refractivity contribution in [1.82, 2.24) is 4.57 Å². The molecule has 220 valence electrons. The molecule has 0 saturated heterocycles. The van der Waals surface area contributed by atoms with Crippen molar-refractivity contribution in [2.75, 3.05) is 6.61 Å². The number of ether oxygens (including phenoxy) is 2. The van der Waals surface area contributed by atoms with Gasteiger partial charge in [-0.1, -0.05) is 94.0 Å². The lowest BCUT2D eigenvalue weighted by Gasteiger charge is -2.25. The van der Waals surface area contributed by atoms with Crippen LogP contribution in [0.15, 0.2) is 123 Å². The van der Waals surface area contributed by atoms with Crippen LogP contribution < -0.4 is 19.6 Å². The zero-order valence-electron chi connectivity index (χ0n) is 23.6. The number of rotatable bonds is 8. The maximum Gasteiger partial charge on any atom is 0.338 e. The number of thiazole rings is 1. The highest BCUT2D eigenvalue weighted by Crippen LogP contribution is 2.35. The van der Waals surface area contributed by atoms with Gasteiger partial charge in [-0.3, -0.25) is 9.36 Å². The zero-order valence-corrected chi connectivity index (χ0v) is 26.0. The summed E-state index contributed by atoms with van der Waals surface area (Å²) in [5.41, 5.74) is 3.37. The van der Waals surface area contributed by atoms with Gasteiger partial charge in [0.05, 0.1) is 28.5 Å². The first kappa shape index (κ1) is 29.5. The first-order chi connectivity index (χ1) is 21.4. The highest BCUT2D eigenvalue weighted by atomic mass is 79.9. The predicted octanol–water partition coefficient (Wildman–Crippen LogP) is 6.42. The highest BCUT2D eigenvalue weighted by Gasteiger charge is 2.35. The summed E-state index contributed by atoms with van der Waals surface area (Å²) >= 11 is 4.67. The van der Waals surface area contributed by atoms with Gasteiger partial charge >= 0.3 is 5.97 Å². The van der Waals surface area contributed by atoms with E-state index >= 15 is 0 Å². The van der Waals surface area contributed by atoms with Crippen molar-refractivity contribution < 1.29 is 18.7 Å². The molecule has 6 nitrogen and oxygen atoms in total. The second-order valence-electron chi connectivity index (χ2n) is 9.97. The van der Waals surface area contributed by atoms with E-state index in [0.717, 1.165) is 15.6 Å². The summed E-state index contributed by atoms with van der Waals surface area (Å²) in [7, 11) is 0. The number of nitrogens with zero attached hydrogens (tertiary/aromatic N) is 2. The molecule has 0 spiro atoms. The first-order valence-electron chi connectivity index (χ1n) is 13.9. The average molecular weight is 670 g/mol. The number of fused-ring (bicyclic) bond motifs is 1. The summed E-state index contributed by atoms with van der Waals surface area (Å²) < 4.78 is 28.4. The average Bonchev–Trinajstić information content (AvgIpc) is 3.35. The van der Waals surface area contributed by atoms with Crippen LogP contribution >= 0.6 is 27.3 Å². The van der Waals surface area contributed by atoms with Crippen molar-refractivity contribution in [2.45, 2.75) is 19.6 Å². The Bertz CT molecular complexity index is 2040. The molecule has 9 heteroatoms. The third-order valence-corrected chi connectivity index (χ3v) is 8.55. The van der Waals surface area contributed by atoms with Gasteiger partial charge in [0.25, 0.3) is 5.56 Å². The molecular weight excluding hydrogens is 643 g/mol. The second-order valence-corrected chi connectivity index (χ2v) is 11.9. The maximum atomic E-state index is 14.1. The predicted molar refractivity (Wildman–Crippen MR) is 172 cm³/mol. The fraction of sp³-hybridized carbons (Fsp3) is 0.114. The van der Waals surface area contributed by atoms with E-state index in [9.17, 15) is 14.0 Å². The van der Waals surface area contributed by atoms with Crippen LogP contribution in [0.3, 0.4) is 0 Å². The Morgan fingerprint density at radius 2 is 1.75 bits per heavy atom. The minimum atomic E-state index is -0.871. The number of esters is 1. The molecule has 5 aromatic rings. The summed E-state index contributed by atoms with van der Waals surface area (Å²) in [6, 6.07) is 29.6. The van der Waals surface area contributed by atoms with E-state index in [1.165, 1.54) is 28.0 Å². The Labute approximate surface area is 265 Å². The molecule has 0 aliphatic carbocycles. The van der Waals surface area contributed by atoms with Crippen molar-refractivity contribution in [1.29, 1.82) is 0 Å². The van der Waals surface area contributed by atoms with E-state index in [-0.39, 0.29) is 17.7 Å². The number of aromatic nitrogens is 1. The molecule has 1 aliphatic rings. The largest absolute Gasteiger partial charge is 0.489 e. The Kier molecular flexibility index (Phi) is 8.67. The summed E-state index contributed by atoms with van der Waals surface area (Å²) in [5.74, 6) is -0.350. The van der Waals surface area contributed by atoms with Gasteiger partial charge in [0.2, 0.25) is 0 Å². The zero-order chi connectivity index (χ0) is 30.6. The standard InChI is InChI=1S/C35H26BrFN2O4S/c1-2-42-34(41)30-31(24-8-4-3-5-9-24)38-35-39(32(30)25-13-17-27(37)18-14-25)33(40)29(44-35)20-23-7-6-10-28(19-23)43-21-22-11-15-26(36)16-12-22/h3-20,32H,2,21H2,1H3/b29-20-/t32-/m0/s1. The second kappa shape index (κ2) is 13.0. The molecule has 0 bridgehead atoms. The minimum Gasteiger partial charge on any atom is -0.489 e. The molecule has 1 atom stereocenters. The number of hydrogen-bond acceptors (Lipinski definition) is 6. The van der Waals surface area contributed by atoms with Crippen LogP contribution in [0.4, 0.5) is 4.39 Å². The fourth-order valence-electron chi connectivity index (χ4n) is 4.99. The van der Waals surface area contributed by atoms with E-state index in [1.807, 2.05) is 78.9 Å². The van der Waals surface area contributed by atoms with Gasteiger partial charge in [-0.05, 0) is 66.1 Å². The maximum absolute atomic E-state index is 14.1. The SMILES string of the molecule is CCOC(=O)C1=C(c2ccccc2)N=c2s/c(=C\c3cccc(OCc4ccc(Br)cc4)c3)c(=O)n2[C@H]1c1ccc(F)cc1. The number of carbonyl (C=O) groups is 1. The van der Waals surface area contributed by atoms with Gasteiger partial charge in [-0.25, -0.2) is 14.2 Å². The monoisotopic (exact) mass is 668 g/mol. The van der Waals surface area contributed by atoms with Gasteiger partial charge < -0.3 is 9.47 Å². The summed E-state index contributed by atoms with van der Waals surface area (Å²) in [5, 5.41) is 0. The van der Waals surface area contributed by atoms with Crippen molar-refractivity contribution in [3.05, 3.63) is 161 Å². The first-order valence-corrected chi connectivity index (χ1v) is 15.5. The van der Waals surface area contributed by atoms with Crippen LogP contribution in [0, 0.1) is 5.82 Å². The Balaban J connectivity index is 1.47. The Morgan fingerprint density at radius 3 is 2.48 bits per heavy atom. The number of carbonyl (C=O) groups excluding carboxylic acids is 1. The van der Waals surface area contributed by atoms with Gasteiger partial charge in [-0.2, -0.15) is 0 Å². The van der Waals surface area contributed by atoms with Crippen LogP contribution in [0.5, 0.6) is 5.75 Å². The Hall–Kier alpha value is -4.60. The molecule has 6 rings (SSSR count). The lowest BCUT2D eigenvalue weighted by molar-refractivity contribution is -0.138. The molecule has 0 N–H and O–H groups in total.